The Kier molecular flexibility index (Phi) is 5.35. The second-order valence-corrected chi connectivity index (χ2v) is 10.7. The zero-order valence-corrected chi connectivity index (χ0v) is 20.8. The van der Waals surface area contributed by atoms with Crippen LogP contribution in [0.4, 0.5) is 0 Å². The molecule has 5 nitrogen and oxygen atoms in total. The minimum absolute atomic E-state index is 0.175. The maximum absolute atomic E-state index is 13.7. The van der Waals surface area contributed by atoms with Crippen LogP contribution in [-0.2, 0) is 27.8 Å². The number of methoxy groups -OCH3 is 1. The summed E-state index contributed by atoms with van der Waals surface area (Å²) in [5.74, 6) is 1.66. The van der Waals surface area contributed by atoms with Crippen molar-refractivity contribution < 1.29 is 19.0 Å². The number of piperidine rings is 1. The Morgan fingerprint density at radius 2 is 2.03 bits per heavy atom. The highest BCUT2D eigenvalue weighted by Gasteiger charge is 2.78. The molecule has 0 radical (unpaired) electrons. The number of ether oxygens (including phenoxy) is 3. The number of Topliss-reactive ketones (excluding diaryl/α,β-unsaturated/α-hetero) is 1. The van der Waals surface area contributed by atoms with Crippen LogP contribution in [0, 0.1) is 0 Å². The Morgan fingerprint density at radius 3 is 2.80 bits per heavy atom. The first-order valence-corrected chi connectivity index (χ1v) is 13.0. The molecule has 4 aliphatic rings. The third-order valence-corrected chi connectivity index (χ3v) is 9.30. The van der Waals surface area contributed by atoms with E-state index in [1.807, 2.05) is 19.1 Å². The molecular formula is C30H35NO4. The van der Waals surface area contributed by atoms with Gasteiger partial charge in [0, 0.05) is 37.7 Å². The van der Waals surface area contributed by atoms with E-state index in [0.717, 1.165) is 50.9 Å². The average Bonchev–Trinajstić information content (AvgIpc) is 3.15. The van der Waals surface area contributed by atoms with E-state index in [9.17, 15) is 4.79 Å². The molecule has 2 aromatic carbocycles. The molecule has 35 heavy (non-hydrogen) atoms. The number of carbonyl (C=O) groups is 1. The van der Waals surface area contributed by atoms with Crippen molar-refractivity contribution in [2.24, 2.45) is 0 Å². The van der Waals surface area contributed by atoms with E-state index in [1.54, 1.807) is 7.11 Å². The molecule has 2 aliphatic heterocycles. The van der Waals surface area contributed by atoms with Crippen molar-refractivity contribution in [1.82, 2.24) is 4.90 Å². The lowest BCUT2D eigenvalue weighted by Gasteiger charge is -2.66. The molecule has 2 heterocycles. The SMILES string of the molecule is C=CCN1CC[C@]23c4c5ccc(OC)c4O[C@@]2(C)C(=O)CC[C@@]3(OCCCc2ccccc2)C1C5. The predicted molar refractivity (Wildman–Crippen MR) is 135 cm³/mol. The molecule has 184 valence electrons. The van der Waals surface area contributed by atoms with Gasteiger partial charge in [-0.05, 0) is 56.2 Å². The van der Waals surface area contributed by atoms with Crippen LogP contribution in [0.1, 0.15) is 49.3 Å². The molecular weight excluding hydrogens is 438 g/mol. The second-order valence-electron chi connectivity index (χ2n) is 10.7. The standard InChI is InChI=1S/C30H35NO4/c1-4-17-31-18-16-29-26-22-12-13-23(33-3)27(26)35-28(29,2)25(32)14-15-30(29,24(31)20-22)34-19-8-11-21-9-6-5-7-10-21/h4-7,9-10,12-13,24H,1,8,11,14-20H2,2-3H3/t24?,28-,29-,30+/m0/s1. The minimum atomic E-state index is -0.949. The van der Waals surface area contributed by atoms with Crippen molar-refractivity contribution >= 4 is 5.78 Å². The number of hydrogen-bond acceptors (Lipinski definition) is 5. The van der Waals surface area contributed by atoms with Crippen LogP contribution >= 0.6 is 0 Å². The Hall–Kier alpha value is -2.63. The first-order valence-electron chi connectivity index (χ1n) is 13.0. The normalized spacial score (nSPS) is 32.6. The van der Waals surface area contributed by atoms with Crippen molar-refractivity contribution in [2.45, 2.75) is 68.1 Å². The van der Waals surface area contributed by atoms with E-state index in [2.05, 4.69) is 47.9 Å². The van der Waals surface area contributed by atoms with E-state index in [4.69, 9.17) is 14.2 Å². The van der Waals surface area contributed by atoms with Crippen LogP contribution in [0.5, 0.6) is 11.5 Å². The molecule has 2 aromatic rings. The molecule has 2 fully saturated rings. The molecule has 4 atom stereocenters. The van der Waals surface area contributed by atoms with Crippen LogP contribution in [0.15, 0.2) is 55.1 Å². The molecule has 0 aromatic heterocycles. The highest BCUT2D eigenvalue weighted by Crippen LogP contribution is 2.69. The summed E-state index contributed by atoms with van der Waals surface area (Å²) in [6.45, 7) is 8.43. The van der Waals surface area contributed by atoms with Crippen molar-refractivity contribution in [3.8, 4) is 11.5 Å². The third-order valence-electron chi connectivity index (χ3n) is 9.30. The van der Waals surface area contributed by atoms with Gasteiger partial charge in [0.1, 0.15) is 0 Å². The maximum atomic E-state index is 13.7. The van der Waals surface area contributed by atoms with Gasteiger partial charge in [-0.3, -0.25) is 9.69 Å². The average molecular weight is 474 g/mol. The Morgan fingerprint density at radius 1 is 1.20 bits per heavy atom. The van der Waals surface area contributed by atoms with Crippen LogP contribution in [0.3, 0.4) is 0 Å². The summed E-state index contributed by atoms with van der Waals surface area (Å²) in [5, 5.41) is 0. The highest BCUT2D eigenvalue weighted by atomic mass is 16.5. The van der Waals surface area contributed by atoms with Gasteiger partial charge >= 0.3 is 0 Å². The van der Waals surface area contributed by atoms with Crippen LogP contribution in [-0.4, -0.2) is 54.7 Å². The summed E-state index contributed by atoms with van der Waals surface area (Å²) in [6.07, 6.45) is 6.83. The summed E-state index contributed by atoms with van der Waals surface area (Å²) in [4.78, 5) is 16.2. The first-order chi connectivity index (χ1) is 17.0. The molecule has 0 amide bonds. The van der Waals surface area contributed by atoms with Crippen LogP contribution in [0.25, 0.3) is 0 Å². The fourth-order valence-corrected chi connectivity index (χ4v) is 7.84. The fraction of sp³-hybridized carbons (Fsp3) is 0.500. The van der Waals surface area contributed by atoms with Gasteiger partial charge in [0.15, 0.2) is 22.9 Å². The van der Waals surface area contributed by atoms with Gasteiger partial charge in [-0.2, -0.15) is 0 Å². The van der Waals surface area contributed by atoms with E-state index < -0.39 is 16.6 Å². The molecule has 1 saturated heterocycles. The van der Waals surface area contributed by atoms with Crippen LogP contribution < -0.4 is 9.47 Å². The number of likely N-dealkylation sites (tertiary alicyclic amines) is 1. The first kappa shape index (κ1) is 22.8. The van der Waals surface area contributed by atoms with Gasteiger partial charge in [-0.15, -0.1) is 6.58 Å². The number of aryl methyl sites for hydroxylation is 1. The lowest BCUT2D eigenvalue weighted by Crippen LogP contribution is -2.80. The van der Waals surface area contributed by atoms with Crippen molar-refractivity contribution in [3.05, 3.63) is 71.8 Å². The Bertz CT molecular complexity index is 1160. The molecule has 1 spiro atoms. The quantitative estimate of drug-likeness (QED) is 0.413. The molecule has 1 unspecified atom stereocenters. The molecule has 5 heteroatoms. The largest absolute Gasteiger partial charge is 0.493 e. The fourth-order valence-electron chi connectivity index (χ4n) is 7.84. The number of hydrogen-bond donors (Lipinski definition) is 0. The van der Waals surface area contributed by atoms with Gasteiger partial charge in [0.25, 0.3) is 0 Å². The lowest BCUT2D eigenvalue weighted by molar-refractivity contribution is -0.230. The van der Waals surface area contributed by atoms with E-state index in [0.29, 0.717) is 18.8 Å². The number of rotatable bonds is 8. The molecule has 0 N–H and O–H groups in total. The zero-order chi connectivity index (χ0) is 24.3. The van der Waals surface area contributed by atoms with E-state index in [-0.39, 0.29) is 11.8 Å². The summed E-state index contributed by atoms with van der Waals surface area (Å²) in [7, 11) is 1.68. The number of carbonyl (C=O) groups excluding carboxylic acids is 1. The second kappa shape index (κ2) is 8.21. The van der Waals surface area contributed by atoms with Gasteiger partial charge in [0.05, 0.1) is 18.1 Å². The van der Waals surface area contributed by atoms with Crippen LogP contribution in [0.2, 0.25) is 0 Å². The zero-order valence-electron chi connectivity index (χ0n) is 20.8. The monoisotopic (exact) mass is 473 g/mol. The van der Waals surface area contributed by atoms with E-state index >= 15 is 0 Å². The predicted octanol–water partition coefficient (Wildman–Crippen LogP) is 4.65. The van der Waals surface area contributed by atoms with Crippen molar-refractivity contribution in [3.63, 3.8) is 0 Å². The smallest absolute Gasteiger partial charge is 0.177 e. The molecule has 2 bridgehead atoms. The Balaban J connectivity index is 1.45. The number of benzene rings is 2. The maximum Gasteiger partial charge on any atom is 0.177 e. The van der Waals surface area contributed by atoms with Gasteiger partial charge in [-0.25, -0.2) is 0 Å². The lowest BCUT2D eigenvalue weighted by atomic mass is 9.45. The van der Waals surface area contributed by atoms with Gasteiger partial charge in [-0.1, -0.05) is 42.5 Å². The molecule has 2 aliphatic carbocycles. The number of nitrogens with zero attached hydrogens (tertiary/aromatic N) is 1. The third kappa shape index (κ3) is 2.91. The van der Waals surface area contributed by atoms with E-state index in [1.165, 1.54) is 16.7 Å². The van der Waals surface area contributed by atoms with Crippen molar-refractivity contribution in [2.75, 3.05) is 26.8 Å². The summed E-state index contributed by atoms with van der Waals surface area (Å²) < 4.78 is 19.6. The molecule has 1 saturated carbocycles. The highest BCUT2D eigenvalue weighted by molar-refractivity contribution is 5.94. The Labute approximate surface area is 208 Å². The van der Waals surface area contributed by atoms with Crippen molar-refractivity contribution in [1.29, 1.82) is 0 Å². The number of ketones is 1. The summed E-state index contributed by atoms with van der Waals surface area (Å²) in [6, 6.07) is 14.9. The summed E-state index contributed by atoms with van der Waals surface area (Å²) in [5.41, 5.74) is 1.82. The van der Waals surface area contributed by atoms with Gasteiger partial charge in [0.2, 0.25) is 0 Å². The summed E-state index contributed by atoms with van der Waals surface area (Å²) >= 11 is 0. The minimum Gasteiger partial charge on any atom is -0.493 e. The topological polar surface area (TPSA) is 48.0 Å². The molecule has 6 rings (SSSR count). The van der Waals surface area contributed by atoms with Gasteiger partial charge < -0.3 is 14.2 Å².